The standard InChI is InChI=1S/C24H22Cl2N2O4/c1-3-15-4-6-17(27-14-15)10-11-32-18-7-9-22(20(13-18)24(30)31-2)28-23(29)19-8-5-16(25)12-21(19)26/h4-9,12-14H,3,10-11H2,1-2H3,(H,28,29). The predicted octanol–water partition coefficient (Wildman–Crippen LogP) is 5.61. The maximum Gasteiger partial charge on any atom is 0.340 e. The van der Waals surface area contributed by atoms with Crippen molar-refractivity contribution in [3.63, 3.8) is 0 Å². The van der Waals surface area contributed by atoms with Crippen LogP contribution in [0.1, 0.15) is 38.9 Å². The van der Waals surface area contributed by atoms with E-state index < -0.39 is 11.9 Å². The van der Waals surface area contributed by atoms with E-state index in [4.69, 9.17) is 32.7 Å². The molecule has 0 saturated carbocycles. The second-order valence-electron chi connectivity index (χ2n) is 6.89. The van der Waals surface area contributed by atoms with E-state index in [2.05, 4.69) is 17.2 Å². The third-order valence-corrected chi connectivity index (χ3v) is 5.29. The van der Waals surface area contributed by atoms with Gasteiger partial charge in [0.2, 0.25) is 0 Å². The van der Waals surface area contributed by atoms with Crippen LogP contribution in [0.2, 0.25) is 10.0 Å². The van der Waals surface area contributed by atoms with Gasteiger partial charge in [0.15, 0.2) is 0 Å². The number of aromatic nitrogens is 1. The summed E-state index contributed by atoms with van der Waals surface area (Å²) in [6, 6.07) is 13.3. The molecular formula is C24H22Cl2N2O4. The molecule has 0 fully saturated rings. The van der Waals surface area contributed by atoms with Gasteiger partial charge in [-0.2, -0.15) is 0 Å². The Morgan fingerprint density at radius 3 is 2.50 bits per heavy atom. The Balaban J connectivity index is 1.72. The van der Waals surface area contributed by atoms with E-state index in [0.29, 0.717) is 23.8 Å². The number of amides is 1. The van der Waals surface area contributed by atoms with Crippen LogP contribution in [0.4, 0.5) is 5.69 Å². The normalized spacial score (nSPS) is 10.5. The number of nitrogens with one attached hydrogen (secondary N) is 1. The summed E-state index contributed by atoms with van der Waals surface area (Å²) in [5, 5.41) is 3.31. The summed E-state index contributed by atoms with van der Waals surface area (Å²) < 4.78 is 10.6. The molecule has 0 bridgehead atoms. The number of benzene rings is 2. The molecule has 0 atom stereocenters. The Bertz CT molecular complexity index is 1120. The van der Waals surface area contributed by atoms with Crippen LogP contribution >= 0.6 is 23.2 Å². The average molecular weight is 473 g/mol. The highest BCUT2D eigenvalue weighted by atomic mass is 35.5. The van der Waals surface area contributed by atoms with E-state index >= 15 is 0 Å². The monoisotopic (exact) mass is 472 g/mol. The number of halogens is 2. The van der Waals surface area contributed by atoms with Gasteiger partial charge in [-0.05, 0) is 54.4 Å². The van der Waals surface area contributed by atoms with Gasteiger partial charge in [0.1, 0.15) is 5.75 Å². The van der Waals surface area contributed by atoms with Gasteiger partial charge in [0, 0.05) is 23.3 Å². The highest BCUT2D eigenvalue weighted by Gasteiger charge is 2.18. The van der Waals surface area contributed by atoms with E-state index in [9.17, 15) is 9.59 Å². The van der Waals surface area contributed by atoms with E-state index in [1.165, 1.54) is 30.9 Å². The zero-order valence-electron chi connectivity index (χ0n) is 17.7. The van der Waals surface area contributed by atoms with Crippen LogP contribution in [-0.2, 0) is 17.6 Å². The molecule has 1 N–H and O–H groups in total. The number of carbonyl (C=O) groups excluding carboxylic acids is 2. The third kappa shape index (κ3) is 5.99. The number of aryl methyl sites for hydroxylation is 1. The van der Waals surface area contributed by atoms with Crippen molar-refractivity contribution in [2.45, 2.75) is 19.8 Å². The van der Waals surface area contributed by atoms with Crippen molar-refractivity contribution in [2.24, 2.45) is 0 Å². The summed E-state index contributed by atoms with van der Waals surface area (Å²) in [5.41, 5.74) is 2.76. The predicted molar refractivity (Wildman–Crippen MR) is 125 cm³/mol. The summed E-state index contributed by atoms with van der Waals surface area (Å²) >= 11 is 12.0. The summed E-state index contributed by atoms with van der Waals surface area (Å²) in [5.74, 6) is -0.616. The minimum atomic E-state index is -0.607. The molecule has 0 unspecified atom stereocenters. The molecule has 0 spiro atoms. The Hall–Kier alpha value is -3.09. The maximum absolute atomic E-state index is 12.6. The third-order valence-electron chi connectivity index (χ3n) is 4.74. The van der Waals surface area contributed by atoms with Gasteiger partial charge < -0.3 is 14.8 Å². The van der Waals surface area contributed by atoms with Crippen molar-refractivity contribution in [2.75, 3.05) is 19.0 Å². The van der Waals surface area contributed by atoms with E-state index in [0.717, 1.165) is 12.1 Å². The van der Waals surface area contributed by atoms with Crippen LogP contribution in [-0.4, -0.2) is 30.6 Å². The Morgan fingerprint density at radius 2 is 1.84 bits per heavy atom. The molecule has 1 heterocycles. The zero-order chi connectivity index (χ0) is 23.1. The molecule has 32 heavy (non-hydrogen) atoms. The number of hydrogen-bond donors (Lipinski definition) is 1. The lowest BCUT2D eigenvalue weighted by Gasteiger charge is -2.13. The lowest BCUT2D eigenvalue weighted by molar-refractivity contribution is 0.0601. The zero-order valence-corrected chi connectivity index (χ0v) is 19.2. The van der Waals surface area contributed by atoms with Crippen LogP contribution in [0.25, 0.3) is 0 Å². The minimum Gasteiger partial charge on any atom is -0.493 e. The van der Waals surface area contributed by atoms with Crippen molar-refractivity contribution in [3.8, 4) is 5.75 Å². The van der Waals surface area contributed by atoms with E-state index in [-0.39, 0.29) is 21.8 Å². The number of ether oxygens (including phenoxy) is 2. The molecular weight excluding hydrogens is 451 g/mol. The molecule has 0 aliphatic carbocycles. The fourth-order valence-electron chi connectivity index (χ4n) is 2.95. The van der Waals surface area contributed by atoms with Gasteiger partial charge in [0.25, 0.3) is 5.91 Å². The molecule has 0 radical (unpaired) electrons. The number of hydrogen-bond acceptors (Lipinski definition) is 5. The molecule has 0 saturated heterocycles. The fraction of sp³-hybridized carbons (Fsp3) is 0.208. The lowest BCUT2D eigenvalue weighted by atomic mass is 10.1. The van der Waals surface area contributed by atoms with Crippen LogP contribution in [0.5, 0.6) is 5.75 Å². The molecule has 166 valence electrons. The van der Waals surface area contributed by atoms with Crippen LogP contribution in [0.3, 0.4) is 0 Å². The van der Waals surface area contributed by atoms with E-state index in [1.54, 1.807) is 18.2 Å². The Morgan fingerprint density at radius 1 is 1.03 bits per heavy atom. The van der Waals surface area contributed by atoms with Crippen molar-refractivity contribution >= 4 is 40.8 Å². The van der Waals surface area contributed by atoms with Crippen molar-refractivity contribution in [1.29, 1.82) is 0 Å². The van der Waals surface area contributed by atoms with Crippen molar-refractivity contribution in [3.05, 3.63) is 87.2 Å². The molecule has 1 aromatic heterocycles. The van der Waals surface area contributed by atoms with Crippen molar-refractivity contribution in [1.82, 2.24) is 4.98 Å². The SMILES string of the molecule is CCc1ccc(CCOc2ccc(NC(=O)c3ccc(Cl)cc3Cl)c(C(=O)OC)c2)nc1. The molecule has 3 aromatic rings. The van der Waals surface area contributed by atoms with Crippen molar-refractivity contribution < 1.29 is 19.1 Å². The number of anilines is 1. The van der Waals surface area contributed by atoms with Gasteiger partial charge in [-0.3, -0.25) is 9.78 Å². The fourth-order valence-corrected chi connectivity index (χ4v) is 3.44. The largest absolute Gasteiger partial charge is 0.493 e. The first-order valence-corrected chi connectivity index (χ1v) is 10.7. The van der Waals surface area contributed by atoms with E-state index in [1.807, 2.05) is 18.3 Å². The average Bonchev–Trinajstić information content (AvgIpc) is 2.79. The smallest absolute Gasteiger partial charge is 0.340 e. The summed E-state index contributed by atoms with van der Waals surface area (Å²) in [4.78, 5) is 29.3. The number of carbonyl (C=O) groups is 2. The summed E-state index contributed by atoms with van der Waals surface area (Å²) in [7, 11) is 1.27. The maximum atomic E-state index is 12.6. The molecule has 0 aliphatic heterocycles. The Kier molecular flexibility index (Phi) is 8.09. The quantitative estimate of drug-likeness (QED) is 0.431. The van der Waals surface area contributed by atoms with Crippen LogP contribution < -0.4 is 10.1 Å². The van der Waals surface area contributed by atoms with Crippen LogP contribution in [0.15, 0.2) is 54.7 Å². The molecule has 8 heteroatoms. The van der Waals surface area contributed by atoms with Gasteiger partial charge >= 0.3 is 5.97 Å². The highest BCUT2D eigenvalue weighted by molar-refractivity contribution is 6.37. The number of rotatable bonds is 8. The topological polar surface area (TPSA) is 77.5 Å². The number of nitrogens with zero attached hydrogens (tertiary/aromatic N) is 1. The number of methoxy groups -OCH3 is 1. The van der Waals surface area contributed by atoms with Gasteiger partial charge in [0.05, 0.1) is 35.6 Å². The first kappa shape index (κ1) is 23.6. The van der Waals surface area contributed by atoms with Gasteiger partial charge in [-0.1, -0.05) is 36.2 Å². The van der Waals surface area contributed by atoms with Gasteiger partial charge in [-0.15, -0.1) is 0 Å². The summed E-state index contributed by atoms with van der Waals surface area (Å²) in [6.07, 6.45) is 3.41. The molecule has 1 amide bonds. The molecule has 3 rings (SSSR count). The first-order valence-electron chi connectivity index (χ1n) is 9.96. The highest BCUT2D eigenvalue weighted by Crippen LogP contribution is 2.26. The van der Waals surface area contributed by atoms with Crippen LogP contribution in [0, 0.1) is 0 Å². The number of esters is 1. The molecule has 6 nitrogen and oxygen atoms in total. The Labute approximate surface area is 196 Å². The second-order valence-corrected chi connectivity index (χ2v) is 7.73. The first-order chi connectivity index (χ1) is 15.4. The minimum absolute atomic E-state index is 0.161. The van der Waals surface area contributed by atoms with Gasteiger partial charge in [-0.25, -0.2) is 4.79 Å². The second kappa shape index (κ2) is 11.0. The number of pyridine rings is 1. The summed E-state index contributed by atoms with van der Waals surface area (Å²) in [6.45, 7) is 2.46. The lowest BCUT2D eigenvalue weighted by Crippen LogP contribution is -2.16. The molecule has 2 aromatic carbocycles. The molecule has 0 aliphatic rings.